The summed E-state index contributed by atoms with van der Waals surface area (Å²) < 4.78 is 38.3. The third-order valence-corrected chi connectivity index (χ3v) is 4.38. The molecule has 0 N–H and O–H groups in total. The Bertz CT molecular complexity index is 393. The van der Waals surface area contributed by atoms with Crippen molar-refractivity contribution in [2.45, 2.75) is 43.7 Å². The first-order chi connectivity index (χ1) is 8.97. The van der Waals surface area contributed by atoms with Crippen LogP contribution in [0.3, 0.4) is 0 Å². The van der Waals surface area contributed by atoms with E-state index in [4.69, 9.17) is 11.6 Å². The Labute approximate surface area is 116 Å². The quantitative estimate of drug-likeness (QED) is 0.742. The van der Waals surface area contributed by atoms with E-state index in [1.54, 1.807) is 12.4 Å². The van der Waals surface area contributed by atoms with Gasteiger partial charge < -0.3 is 0 Å². The summed E-state index contributed by atoms with van der Waals surface area (Å²) in [4.78, 5) is 3.92. The molecule has 5 heteroatoms. The van der Waals surface area contributed by atoms with Gasteiger partial charge in [-0.3, -0.25) is 4.98 Å². The summed E-state index contributed by atoms with van der Waals surface area (Å²) in [5.41, 5.74) is 1.03. The maximum absolute atomic E-state index is 12.8. The van der Waals surface area contributed by atoms with Crippen LogP contribution in [0.5, 0.6) is 0 Å². The SMILES string of the molecule is FC(F)(F)C1CCCC(C(Cl)Cc2ccncc2)C1. The molecule has 0 amide bonds. The highest BCUT2D eigenvalue weighted by Crippen LogP contribution is 2.42. The second kappa shape index (κ2) is 6.12. The van der Waals surface area contributed by atoms with E-state index < -0.39 is 12.1 Å². The minimum atomic E-state index is -4.08. The third kappa shape index (κ3) is 4.10. The fourth-order valence-corrected chi connectivity index (χ4v) is 3.17. The van der Waals surface area contributed by atoms with Gasteiger partial charge in [0.15, 0.2) is 0 Å². The number of aromatic nitrogens is 1. The Morgan fingerprint density at radius 1 is 1.26 bits per heavy atom. The van der Waals surface area contributed by atoms with Gasteiger partial charge >= 0.3 is 6.18 Å². The molecule has 0 aliphatic heterocycles. The molecule has 1 nitrogen and oxygen atoms in total. The number of hydrogen-bond acceptors (Lipinski definition) is 1. The van der Waals surface area contributed by atoms with E-state index in [0.717, 1.165) is 12.0 Å². The molecule has 0 aromatic carbocycles. The van der Waals surface area contributed by atoms with Gasteiger partial charge in [-0.15, -0.1) is 11.6 Å². The fraction of sp³-hybridized carbons (Fsp3) is 0.643. The minimum Gasteiger partial charge on any atom is -0.265 e. The molecule has 0 saturated heterocycles. The summed E-state index contributed by atoms with van der Waals surface area (Å²) in [6.07, 6.45) is 1.73. The average molecular weight is 292 g/mol. The Kier molecular flexibility index (Phi) is 4.71. The number of halogens is 4. The van der Waals surface area contributed by atoms with Crippen molar-refractivity contribution >= 4 is 11.6 Å². The number of alkyl halides is 4. The van der Waals surface area contributed by atoms with Crippen molar-refractivity contribution in [1.82, 2.24) is 4.98 Å². The van der Waals surface area contributed by atoms with E-state index >= 15 is 0 Å². The van der Waals surface area contributed by atoms with Crippen LogP contribution < -0.4 is 0 Å². The number of nitrogens with zero attached hydrogens (tertiary/aromatic N) is 1. The Balaban J connectivity index is 1.94. The lowest BCUT2D eigenvalue weighted by Gasteiger charge is -2.33. The molecule has 1 aromatic rings. The second-order valence-corrected chi connectivity index (χ2v) is 5.80. The van der Waals surface area contributed by atoms with Gasteiger partial charge in [0.05, 0.1) is 5.92 Å². The topological polar surface area (TPSA) is 12.9 Å². The highest BCUT2D eigenvalue weighted by molar-refractivity contribution is 6.20. The van der Waals surface area contributed by atoms with Gasteiger partial charge in [0.2, 0.25) is 0 Å². The standard InChI is InChI=1S/C14H17ClF3N/c15-13(8-10-4-6-19-7-5-10)11-2-1-3-12(9-11)14(16,17)18/h4-7,11-13H,1-3,8-9H2. The summed E-state index contributed by atoms with van der Waals surface area (Å²) in [6.45, 7) is 0. The molecule has 1 aliphatic rings. The second-order valence-electron chi connectivity index (χ2n) is 5.24. The Morgan fingerprint density at radius 2 is 1.95 bits per heavy atom. The van der Waals surface area contributed by atoms with Crippen LogP contribution in [0.2, 0.25) is 0 Å². The van der Waals surface area contributed by atoms with Crippen LogP contribution in [0.25, 0.3) is 0 Å². The zero-order chi connectivity index (χ0) is 13.9. The highest BCUT2D eigenvalue weighted by Gasteiger charge is 2.43. The van der Waals surface area contributed by atoms with Gasteiger partial charge in [-0.1, -0.05) is 6.42 Å². The first-order valence-electron chi connectivity index (χ1n) is 6.56. The van der Waals surface area contributed by atoms with E-state index in [-0.39, 0.29) is 24.1 Å². The van der Waals surface area contributed by atoms with Gasteiger partial charge in [0.25, 0.3) is 0 Å². The van der Waals surface area contributed by atoms with Gasteiger partial charge in [0, 0.05) is 17.8 Å². The van der Waals surface area contributed by atoms with E-state index in [9.17, 15) is 13.2 Å². The van der Waals surface area contributed by atoms with Crippen LogP contribution in [0.15, 0.2) is 24.5 Å². The number of pyridine rings is 1. The molecule has 0 radical (unpaired) electrons. The molecule has 106 valence electrons. The molecule has 3 atom stereocenters. The molecule has 3 unspecified atom stereocenters. The van der Waals surface area contributed by atoms with Crippen molar-refractivity contribution in [3.8, 4) is 0 Å². The maximum Gasteiger partial charge on any atom is 0.391 e. The van der Waals surface area contributed by atoms with Crippen LogP contribution in [-0.2, 0) is 6.42 Å². The van der Waals surface area contributed by atoms with Gasteiger partial charge in [-0.25, -0.2) is 0 Å². The van der Waals surface area contributed by atoms with Gasteiger partial charge in [-0.05, 0) is 49.3 Å². The summed E-state index contributed by atoms with van der Waals surface area (Å²) >= 11 is 6.32. The van der Waals surface area contributed by atoms with Crippen molar-refractivity contribution < 1.29 is 13.2 Å². The van der Waals surface area contributed by atoms with Crippen LogP contribution >= 0.6 is 11.6 Å². The molecule has 2 rings (SSSR count). The largest absolute Gasteiger partial charge is 0.391 e. The van der Waals surface area contributed by atoms with Crippen molar-refractivity contribution in [2.75, 3.05) is 0 Å². The zero-order valence-corrected chi connectivity index (χ0v) is 11.3. The molecule has 19 heavy (non-hydrogen) atoms. The van der Waals surface area contributed by atoms with E-state index in [0.29, 0.717) is 12.8 Å². The average Bonchev–Trinajstić information content (AvgIpc) is 2.39. The molecular weight excluding hydrogens is 275 g/mol. The Hall–Kier alpha value is -0.770. The zero-order valence-electron chi connectivity index (χ0n) is 10.5. The first-order valence-corrected chi connectivity index (χ1v) is 7.00. The third-order valence-electron chi connectivity index (χ3n) is 3.87. The van der Waals surface area contributed by atoms with Crippen molar-refractivity contribution in [3.05, 3.63) is 30.1 Å². The molecule has 1 heterocycles. The molecule has 0 bridgehead atoms. The minimum absolute atomic E-state index is 0.0461. The van der Waals surface area contributed by atoms with E-state index in [1.807, 2.05) is 12.1 Å². The lowest BCUT2D eigenvalue weighted by molar-refractivity contribution is -0.185. The first kappa shape index (κ1) is 14.6. The van der Waals surface area contributed by atoms with Gasteiger partial charge in [-0.2, -0.15) is 13.2 Å². The Morgan fingerprint density at radius 3 is 2.58 bits per heavy atom. The fourth-order valence-electron chi connectivity index (χ4n) is 2.76. The summed E-state index contributed by atoms with van der Waals surface area (Å²) in [5, 5.41) is -0.229. The maximum atomic E-state index is 12.8. The molecule has 1 aromatic heterocycles. The molecule has 1 fully saturated rings. The van der Waals surface area contributed by atoms with Crippen LogP contribution in [0.4, 0.5) is 13.2 Å². The van der Waals surface area contributed by atoms with Crippen LogP contribution in [-0.4, -0.2) is 16.5 Å². The summed E-state index contributed by atoms with van der Waals surface area (Å²) in [6, 6.07) is 3.72. The van der Waals surface area contributed by atoms with Crippen molar-refractivity contribution in [3.63, 3.8) is 0 Å². The highest BCUT2D eigenvalue weighted by atomic mass is 35.5. The van der Waals surface area contributed by atoms with Gasteiger partial charge in [0.1, 0.15) is 0 Å². The van der Waals surface area contributed by atoms with Crippen LogP contribution in [0.1, 0.15) is 31.2 Å². The molecule has 0 spiro atoms. The number of hydrogen-bond donors (Lipinski definition) is 0. The van der Waals surface area contributed by atoms with E-state index in [1.165, 1.54) is 0 Å². The summed E-state index contributed by atoms with van der Waals surface area (Å²) in [7, 11) is 0. The lowest BCUT2D eigenvalue weighted by atomic mass is 9.78. The molecular formula is C14H17ClF3N. The monoisotopic (exact) mass is 291 g/mol. The summed E-state index contributed by atoms with van der Waals surface area (Å²) in [5.74, 6) is -1.22. The lowest BCUT2D eigenvalue weighted by Crippen LogP contribution is -2.32. The molecule has 1 saturated carbocycles. The normalized spacial score (nSPS) is 26.1. The van der Waals surface area contributed by atoms with Crippen LogP contribution in [0, 0.1) is 11.8 Å². The molecule has 1 aliphatic carbocycles. The predicted molar refractivity (Wildman–Crippen MR) is 69.1 cm³/mol. The predicted octanol–water partition coefficient (Wildman–Crippen LogP) is 4.60. The number of rotatable bonds is 3. The van der Waals surface area contributed by atoms with E-state index in [2.05, 4.69) is 4.98 Å². The smallest absolute Gasteiger partial charge is 0.265 e. The van der Waals surface area contributed by atoms with Crippen molar-refractivity contribution in [2.24, 2.45) is 11.8 Å². The van der Waals surface area contributed by atoms with Crippen molar-refractivity contribution in [1.29, 1.82) is 0 Å².